The third-order valence-corrected chi connectivity index (χ3v) is 4.52. The Morgan fingerprint density at radius 2 is 2.22 bits per heavy atom. The molecule has 1 aromatic rings. The number of hydrogen-bond donors (Lipinski definition) is 1. The molecule has 1 aliphatic rings. The van der Waals surface area contributed by atoms with Crippen LogP contribution in [0.3, 0.4) is 0 Å². The summed E-state index contributed by atoms with van der Waals surface area (Å²) in [5.41, 5.74) is 0.505. The molecule has 1 aromatic carbocycles. The van der Waals surface area contributed by atoms with E-state index in [9.17, 15) is 9.59 Å². The number of amides is 1. The van der Waals surface area contributed by atoms with Gasteiger partial charge in [-0.2, -0.15) is 0 Å². The van der Waals surface area contributed by atoms with E-state index in [1.165, 1.54) is 16.7 Å². The lowest BCUT2D eigenvalue weighted by Crippen LogP contribution is -2.44. The Balaban J connectivity index is 2.29. The highest BCUT2D eigenvalue weighted by atomic mass is 79.9. The number of carbonyl (C=O) groups is 2. The fourth-order valence-corrected chi connectivity index (χ4v) is 3.48. The number of thioether (sulfide) groups is 1. The van der Waals surface area contributed by atoms with Crippen molar-refractivity contribution in [3.63, 3.8) is 0 Å². The van der Waals surface area contributed by atoms with Gasteiger partial charge in [0.25, 0.3) is 5.91 Å². The maximum Gasteiger partial charge on any atom is 0.327 e. The van der Waals surface area contributed by atoms with Crippen LogP contribution in [0, 0.1) is 0 Å². The molecule has 1 heterocycles. The van der Waals surface area contributed by atoms with Gasteiger partial charge in [0.15, 0.2) is 0 Å². The second kappa shape index (κ2) is 5.32. The summed E-state index contributed by atoms with van der Waals surface area (Å²) in [4.78, 5) is 24.9. The maximum absolute atomic E-state index is 12.4. The summed E-state index contributed by atoms with van der Waals surface area (Å²) in [6.07, 6.45) is 0. The van der Waals surface area contributed by atoms with Crippen LogP contribution in [-0.4, -0.2) is 39.1 Å². The largest absolute Gasteiger partial charge is 0.480 e. The molecule has 2 atom stereocenters. The molecule has 0 aliphatic carbocycles. The van der Waals surface area contributed by atoms with Crippen molar-refractivity contribution >= 4 is 39.6 Å². The molecular formula is C12H12BrNO3S. The van der Waals surface area contributed by atoms with E-state index in [0.717, 1.165) is 4.47 Å². The third-order valence-electron chi connectivity index (χ3n) is 2.81. The molecular weight excluding hydrogens is 318 g/mol. The number of halogens is 1. The summed E-state index contributed by atoms with van der Waals surface area (Å²) in [6, 6.07) is 6.25. The maximum atomic E-state index is 12.4. The minimum atomic E-state index is -0.949. The first-order valence-electron chi connectivity index (χ1n) is 5.43. The predicted octanol–water partition coefficient (Wildman–Crippen LogP) is 2.44. The first kappa shape index (κ1) is 13.4. The van der Waals surface area contributed by atoms with E-state index in [1.54, 1.807) is 18.2 Å². The number of rotatable bonds is 2. The molecule has 96 valence electrons. The van der Waals surface area contributed by atoms with Crippen molar-refractivity contribution in [3.8, 4) is 0 Å². The van der Waals surface area contributed by atoms with Crippen LogP contribution in [0.5, 0.6) is 0 Å². The number of benzene rings is 1. The van der Waals surface area contributed by atoms with E-state index in [4.69, 9.17) is 5.11 Å². The third kappa shape index (κ3) is 2.54. The minimum Gasteiger partial charge on any atom is -0.480 e. The number of carboxylic acids is 1. The molecule has 1 aliphatic heterocycles. The molecule has 18 heavy (non-hydrogen) atoms. The number of nitrogens with zero attached hydrogens (tertiary/aromatic N) is 1. The van der Waals surface area contributed by atoms with Crippen LogP contribution >= 0.6 is 27.7 Å². The zero-order chi connectivity index (χ0) is 13.3. The van der Waals surface area contributed by atoms with E-state index in [-0.39, 0.29) is 11.3 Å². The average molecular weight is 330 g/mol. The van der Waals surface area contributed by atoms with Crippen molar-refractivity contribution in [2.75, 3.05) is 5.75 Å². The van der Waals surface area contributed by atoms with Gasteiger partial charge in [-0.3, -0.25) is 4.79 Å². The Morgan fingerprint density at radius 3 is 2.83 bits per heavy atom. The summed E-state index contributed by atoms with van der Waals surface area (Å²) < 4.78 is 0.805. The molecule has 0 spiro atoms. The van der Waals surface area contributed by atoms with Crippen molar-refractivity contribution in [3.05, 3.63) is 34.3 Å². The van der Waals surface area contributed by atoms with Crippen molar-refractivity contribution in [1.82, 2.24) is 4.90 Å². The molecule has 4 nitrogen and oxygen atoms in total. The summed E-state index contributed by atoms with van der Waals surface area (Å²) >= 11 is 4.79. The Bertz CT molecular complexity index is 494. The van der Waals surface area contributed by atoms with Crippen LogP contribution in [0.2, 0.25) is 0 Å². The van der Waals surface area contributed by atoms with Gasteiger partial charge in [-0.15, -0.1) is 11.8 Å². The van der Waals surface area contributed by atoms with Crippen LogP contribution in [0.25, 0.3) is 0 Å². The second-order valence-electron chi connectivity index (χ2n) is 4.01. The molecule has 0 aromatic heterocycles. The molecule has 1 fully saturated rings. The van der Waals surface area contributed by atoms with Crippen LogP contribution in [-0.2, 0) is 4.79 Å². The van der Waals surface area contributed by atoms with E-state index in [2.05, 4.69) is 15.9 Å². The van der Waals surface area contributed by atoms with Crippen molar-refractivity contribution in [1.29, 1.82) is 0 Å². The van der Waals surface area contributed by atoms with Crippen LogP contribution < -0.4 is 0 Å². The molecule has 1 saturated heterocycles. The lowest BCUT2D eigenvalue weighted by Gasteiger charge is -2.25. The Kier molecular flexibility index (Phi) is 3.97. The lowest BCUT2D eigenvalue weighted by molar-refractivity contribution is -0.141. The number of carbonyl (C=O) groups excluding carboxylic acids is 1. The van der Waals surface area contributed by atoms with Gasteiger partial charge in [0.05, 0.1) is 5.37 Å². The van der Waals surface area contributed by atoms with Crippen LogP contribution in [0.15, 0.2) is 28.7 Å². The highest BCUT2D eigenvalue weighted by Gasteiger charge is 2.39. The van der Waals surface area contributed by atoms with Gasteiger partial charge in [-0.05, 0) is 25.1 Å². The van der Waals surface area contributed by atoms with E-state index in [1.807, 2.05) is 13.0 Å². The number of hydrogen-bond acceptors (Lipinski definition) is 3. The summed E-state index contributed by atoms with van der Waals surface area (Å²) in [5.74, 6) is -0.743. The molecule has 0 radical (unpaired) electrons. The van der Waals surface area contributed by atoms with Crippen LogP contribution in [0.1, 0.15) is 17.3 Å². The molecule has 2 rings (SSSR count). The first-order chi connectivity index (χ1) is 8.50. The number of aliphatic carboxylic acids is 1. The van der Waals surface area contributed by atoms with Crippen molar-refractivity contribution < 1.29 is 14.7 Å². The smallest absolute Gasteiger partial charge is 0.327 e. The first-order valence-corrected chi connectivity index (χ1v) is 7.27. The highest BCUT2D eigenvalue weighted by Crippen LogP contribution is 2.30. The van der Waals surface area contributed by atoms with E-state index >= 15 is 0 Å². The molecule has 6 heteroatoms. The van der Waals surface area contributed by atoms with Crippen molar-refractivity contribution in [2.24, 2.45) is 0 Å². The average Bonchev–Trinajstić information content (AvgIpc) is 2.70. The Morgan fingerprint density at radius 1 is 1.50 bits per heavy atom. The minimum absolute atomic E-state index is 0.113. The summed E-state index contributed by atoms with van der Waals surface area (Å²) in [6.45, 7) is 1.85. The Hall–Kier alpha value is -1.01. The second-order valence-corrected chi connectivity index (χ2v) is 6.27. The number of carboxylic acid groups (broad SMARTS) is 1. The molecule has 2 unspecified atom stereocenters. The Labute approximate surface area is 117 Å². The van der Waals surface area contributed by atoms with Gasteiger partial charge in [-0.1, -0.05) is 22.0 Å². The van der Waals surface area contributed by atoms with Gasteiger partial charge in [0, 0.05) is 15.8 Å². The summed E-state index contributed by atoms with van der Waals surface area (Å²) in [7, 11) is 0. The van der Waals surface area contributed by atoms with Crippen LogP contribution in [0.4, 0.5) is 0 Å². The van der Waals surface area contributed by atoms with Gasteiger partial charge in [-0.25, -0.2) is 4.79 Å². The quantitative estimate of drug-likeness (QED) is 0.905. The molecule has 0 bridgehead atoms. The normalized spacial score (nSPS) is 23.1. The van der Waals surface area contributed by atoms with Gasteiger partial charge in [0.2, 0.25) is 0 Å². The fourth-order valence-electron chi connectivity index (χ4n) is 1.91. The van der Waals surface area contributed by atoms with Gasteiger partial charge >= 0.3 is 5.97 Å². The SMILES string of the molecule is CC1SCC(C(=O)O)N1C(=O)c1cccc(Br)c1. The van der Waals surface area contributed by atoms with Gasteiger partial charge < -0.3 is 10.0 Å². The van der Waals surface area contributed by atoms with E-state index in [0.29, 0.717) is 11.3 Å². The molecule has 1 N–H and O–H groups in total. The predicted molar refractivity (Wildman–Crippen MR) is 73.7 cm³/mol. The zero-order valence-electron chi connectivity index (χ0n) is 9.67. The van der Waals surface area contributed by atoms with Crippen molar-refractivity contribution in [2.45, 2.75) is 18.3 Å². The topological polar surface area (TPSA) is 57.6 Å². The standard InChI is InChI=1S/C12H12BrNO3S/c1-7-14(10(6-18-7)12(16)17)11(15)8-3-2-4-9(13)5-8/h2-5,7,10H,6H2,1H3,(H,16,17). The monoisotopic (exact) mass is 329 g/mol. The lowest BCUT2D eigenvalue weighted by atomic mass is 10.1. The fraction of sp³-hybridized carbons (Fsp3) is 0.333. The zero-order valence-corrected chi connectivity index (χ0v) is 12.1. The van der Waals surface area contributed by atoms with E-state index < -0.39 is 12.0 Å². The molecule has 1 amide bonds. The highest BCUT2D eigenvalue weighted by molar-refractivity contribution is 9.10. The summed E-state index contributed by atoms with van der Waals surface area (Å²) in [5, 5.41) is 9.02. The molecule has 0 saturated carbocycles. The van der Waals surface area contributed by atoms with Gasteiger partial charge in [0.1, 0.15) is 6.04 Å².